The Hall–Kier alpha value is -1.30. The van der Waals surface area contributed by atoms with Crippen LogP contribution in [0.25, 0.3) is 0 Å². The van der Waals surface area contributed by atoms with Gasteiger partial charge in [0.1, 0.15) is 4.33 Å². The maximum Gasteiger partial charge on any atom is 0.251 e. The van der Waals surface area contributed by atoms with Crippen LogP contribution in [0.15, 0.2) is 24.3 Å². The van der Waals surface area contributed by atoms with Crippen LogP contribution in [0.4, 0.5) is 5.69 Å². The Labute approximate surface area is 145 Å². The topological polar surface area (TPSA) is 67.4 Å². The van der Waals surface area contributed by atoms with Crippen molar-refractivity contribution in [1.82, 2.24) is 5.32 Å². The number of carbonyl (C=O) groups excluding carboxylic acids is 2. The van der Waals surface area contributed by atoms with E-state index in [2.05, 4.69) is 10.6 Å². The van der Waals surface area contributed by atoms with E-state index in [1.165, 1.54) is 0 Å². The van der Waals surface area contributed by atoms with E-state index in [1.807, 2.05) is 6.92 Å². The van der Waals surface area contributed by atoms with E-state index < -0.39 is 10.3 Å². The second kappa shape index (κ2) is 7.99. The maximum atomic E-state index is 12.1. The minimum Gasteiger partial charge on any atom is -0.382 e. The predicted octanol–water partition coefficient (Wildman–Crippen LogP) is 2.98. The van der Waals surface area contributed by atoms with Crippen LogP contribution >= 0.6 is 23.2 Å². The van der Waals surface area contributed by atoms with E-state index >= 15 is 0 Å². The molecular weight excluding hydrogens is 339 g/mol. The van der Waals surface area contributed by atoms with Crippen molar-refractivity contribution in [2.24, 2.45) is 5.92 Å². The molecular formula is C16H20Cl2N2O3. The molecule has 1 aliphatic rings. The van der Waals surface area contributed by atoms with E-state index in [-0.39, 0.29) is 11.8 Å². The molecule has 0 spiro atoms. The normalized spacial score (nSPS) is 18.3. The highest BCUT2D eigenvalue weighted by Gasteiger charge is 2.56. The monoisotopic (exact) mass is 358 g/mol. The summed E-state index contributed by atoms with van der Waals surface area (Å²) in [6.45, 7) is 3.76. The molecule has 23 heavy (non-hydrogen) atoms. The lowest BCUT2D eigenvalue weighted by molar-refractivity contribution is -0.117. The summed E-state index contributed by atoms with van der Waals surface area (Å²) >= 11 is 11.7. The van der Waals surface area contributed by atoms with Crippen molar-refractivity contribution in [2.75, 3.05) is 25.1 Å². The number of benzene rings is 1. The molecule has 0 radical (unpaired) electrons. The molecule has 0 heterocycles. The summed E-state index contributed by atoms with van der Waals surface area (Å²) in [7, 11) is 0. The molecule has 0 bridgehead atoms. The SMILES string of the molecule is CCOCCCNC(=O)c1cccc(NC(=O)C2CC2(Cl)Cl)c1. The van der Waals surface area contributed by atoms with Crippen LogP contribution in [0.5, 0.6) is 0 Å². The molecule has 1 aliphatic carbocycles. The van der Waals surface area contributed by atoms with Crippen molar-refractivity contribution >= 4 is 40.7 Å². The first kappa shape index (κ1) is 18.0. The van der Waals surface area contributed by atoms with Gasteiger partial charge in [-0.2, -0.15) is 0 Å². The lowest BCUT2D eigenvalue weighted by atomic mass is 10.2. The largest absolute Gasteiger partial charge is 0.382 e. The van der Waals surface area contributed by atoms with E-state index in [9.17, 15) is 9.59 Å². The number of rotatable bonds is 8. The van der Waals surface area contributed by atoms with Gasteiger partial charge in [0, 0.05) is 31.0 Å². The van der Waals surface area contributed by atoms with Gasteiger partial charge < -0.3 is 15.4 Å². The molecule has 2 rings (SSSR count). The van der Waals surface area contributed by atoms with Crippen molar-refractivity contribution in [1.29, 1.82) is 0 Å². The van der Waals surface area contributed by atoms with Crippen LogP contribution in [-0.4, -0.2) is 35.9 Å². The Morgan fingerprint density at radius 1 is 1.39 bits per heavy atom. The quantitative estimate of drug-likeness (QED) is 0.554. The number of nitrogens with one attached hydrogen (secondary N) is 2. The Morgan fingerprint density at radius 2 is 2.13 bits per heavy atom. The third kappa shape index (κ3) is 5.37. The van der Waals surface area contributed by atoms with E-state index in [0.29, 0.717) is 37.4 Å². The van der Waals surface area contributed by atoms with Crippen LogP contribution in [0.3, 0.4) is 0 Å². The zero-order chi connectivity index (χ0) is 16.9. The highest BCUT2D eigenvalue weighted by atomic mass is 35.5. The van der Waals surface area contributed by atoms with Gasteiger partial charge in [0.05, 0.1) is 5.92 Å². The van der Waals surface area contributed by atoms with E-state index in [0.717, 1.165) is 6.42 Å². The first-order chi connectivity index (χ1) is 10.9. The standard InChI is InChI=1S/C16H20Cl2N2O3/c1-2-23-8-4-7-19-14(21)11-5-3-6-12(9-11)20-15(22)13-10-16(13,17)18/h3,5-6,9,13H,2,4,7-8,10H2,1H3,(H,19,21)(H,20,22). The average Bonchev–Trinajstić information content (AvgIpc) is 3.16. The Morgan fingerprint density at radius 3 is 2.78 bits per heavy atom. The number of anilines is 1. The predicted molar refractivity (Wildman–Crippen MR) is 91.1 cm³/mol. The summed E-state index contributed by atoms with van der Waals surface area (Å²) in [5.74, 6) is -0.820. The van der Waals surface area contributed by atoms with Crippen molar-refractivity contribution in [3.05, 3.63) is 29.8 Å². The number of alkyl halides is 2. The molecule has 126 valence electrons. The van der Waals surface area contributed by atoms with Crippen LogP contribution < -0.4 is 10.6 Å². The average molecular weight is 359 g/mol. The number of halogens is 2. The van der Waals surface area contributed by atoms with Gasteiger partial charge in [-0.1, -0.05) is 6.07 Å². The zero-order valence-electron chi connectivity index (χ0n) is 12.9. The fraction of sp³-hybridized carbons (Fsp3) is 0.500. The smallest absolute Gasteiger partial charge is 0.251 e. The fourth-order valence-electron chi connectivity index (χ4n) is 2.09. The lowest BCUT2D eigenvalue weighted by Crippen LogP contribution is -2.25. The highest BCUT2D eigenvalue weighted by molar-refractivity contribution is 6.52. The molecule has 1 atom stereocenters. The van der Waals surface area contributed by atoms with Crippen LogP contribution in [0, 0.1) is 5.92 Å². The van der Waals surface area contributed by atoms with E-state index in [1.54, 1.807) is 24.3 Å². The minimum absolute atomic E-state index is 0.187. The third-order valence-corrected chi connectivity index (χ3v) is 4.33. The Bertz CT molecular complexity index is 578. The fourth-order valence-corrected chi connectivity index (χ4v) is 2.59. The number of amides is 2. The van der Waals surface area contributed by atoms with Crippen molar-refractivity contribution in [3.63, 3.8) is 0 Å². The summed E-state index contributed by atoms with van der Waals surface area (Å²) < 4.78 is 4.25. The summed E-state index contributed by atoms with van der Waals surface area (Å²) in [5.41, 5.74) is 1.03. The van der Waals surface area contributed by atoms with Gasteiger partial charge in [-0.15, -0.1) is 23.2 Å². The van der Waals surface area contributed by atoms with Crippen molar-refractivity contribution < 1.29 is 14.3 Å². The van der Waals surface area contributed by atoms with Crippen LogP contribution in [0.2, 0.25) is 0 Å². The molecule has 2 amide bonds. The zero-order valence-corrected chi connectivity index (χ0v) is 14.4. The summed E-state index contributed by atoms with van der Waals surface area (Å²) in [4.78, 5) is 24.0. The Kier molecular flexibility index (Phi) is 6.27. The number of hydrogen-bond donors (Lipinski definition) is 2. The number of hydrogen-bond acceptors (Lipinski definition) is 3. The van der Waals surface area contributed by atoms with Crippen molar-refractivity contribution in [2.45, 2.75) is 24.1 Å². The third-order valence-electron chi connectivity index (χ3n) is 3.49. The molecule has 1 aromatic rings. The molecule has 1 fully saturated rings. The number of ether oxygens (including phenoxy) is 1. The maximum absolute atomic E-state index is 12.1. The van der Waals surface area contributed by atoms with Gasteiger partial charge in [0.2, 0.25) is 5.91 Å². The van der Waals surface area contributed by atoms with Gasteiger partial charge in [0.15, 0.2) is 0 Å². The van der Waals surface area contributed by atoms with Gasteiger partial charge in [0.25, 0.3) is 5.91 Å². The molecule has 1 aromatic carbocycles. The molecule has 0 saturated heterocycles. The molecule has 1 saturated carbocycles. The molecule has 7 heteroatoms. The second-order valence-corrected chi connectivity index (χ2v) is 6.94. The number of carbonyl (C=O) groups is 2. The van der Waals surface area contributed by atoms with Gasteiger partial charge in [-0.3, -0.25) is 9.59 Å². The molecule has 0 aromatic heterocycles. The first-order valence-electron chi connectivity index (χ1n) is 7.58. The molecule has 2 N–H and O–H groups in total. The van der Waals surface area contributed by atoms with Crippen LogP contribution in [-0.2, 0) is 9.53 Å². The van der Waals surface area contributed by atoms with Gasteiger partial charge >= 0.3 is 0 Å². The minimum atomic E-state index is -0.959. The highest BCUT2D eigenvalue weighted by Crippen LogP contribution is 2.53. The first-order valence-corrected chi connectivity index (χ1v) is 8.34. The van der Waals surface area contributed by atoms with Crippen molar-refractivity contribution in [3.8, 4) is 0 Å². The van der Waals surface area contributed by atoms with Crippen LogP contribution in [0.1, 0.15) is 30.1 Å². The lowest BCUT2D eigenvalue weighted by Gasteiger charge is -2.08. The summed E-state index contributed by atoms with van der Waals surface area (Å²) in [5, 5.41) is 5.54. The molecule has 5 nitrogen and oxygen atoms in total. The van der Waals surface area contributed by atoms with Gasteiger partial charge in [-0.25, -0.2) is 0 Å². The Balaban J connectivity index is 1.84. The summed E-state index contributed by atoms with van der Waals surface area (Å²) in [6.07, 6.45) is 1.20. The van der Waals surface area contributed by atoms with E-state index in [4.69, 9.17) is 27.9 Å². The van der Waals surface area contributed by atoms with Gasteiger partial charge in [-0.05, 0) is 38.0 Å². The molecule has 1 unspecified atom stereocenters. The second-order valence-electron chi connectivity index (χ2n) is 5.39. The summed E-state index contributed by atoms with van der Waals surface area (Å²) in [6, 6.07) is 6.75. The molecule has 0 aliphatic heterocycles.